The third kappa shape index (κ3) is 4.27. The first kappa shape index (κ1) is 14.4. The number of nitrogens with two attached hydrogens (primary N) is 1. The minimum absolute atomic E-state index is 0.151. The molecule has 0 aromatic carbocycles. The molecule has 0 aliphatic carbocycles. The topological polar surface area (TPSA) is 91.8 Å². The molecule has 104 valence electrons. The van der Waals surface area contributed by atoms with E-state index >= 15 is 0 Å². The van der Waals surface area contributed by atoms with Gasteiger partial charge in [0.15, 0.2) is 0 Å². The van der Waals surface area contributed by atoms with E-state index in [4.69, 9.17) is 11.1 Å². The lowest BCUT2D eigenvalue weighted by Crippen LogP contribution is -2.29. The molecular weight excluding hydrogens is 320 g/mol. The molecule has 0 spiro atoms. The van der Waals surface area contributed by atoms with E-state index < -0.39 is 0 Å². The Labute approximate surface area is 125 Å². The molecule has 0 radical (unpaired) electrons. The number of nitrogens with one attached hydrogen (secondary N) is 1. The second kappa shape index (κ2) is 6.95. The number of hydrogen-bond acceptors (Lipinski definition) is 5. The van der Waals surface area contributed by atoms with Crippen molar-refractivity contribution in [2.45, 2.75) is 13.0 Å². The van der Waals surface area contributed by atoms with Gasteiger partial charge in [0.25, 0.3) is 0 Å². The average molecular weight is 335 g/mol. The van der Waals surface area contributed by atoms with E-state index in [2.05, 4.69) is 30.9 Å². The van der Waals surface area contributed by atoms with Crippen LogP contribution < -0.4 is 10.6 Å². The summed E-state index contributed by atoms with van der Waals surface area (Å²) < 4.78 is 0.828. The number of pyridine rings is 1. The highest BCUT2D eigenvalue weighted by atomic mass is 79.9. The van der Waals surface area contributed by atoms with E-state index in [1.54, 1.807) is 24.8 Å². The van der Waals surface area contributed by atoms with Crippen LogP contribution in [-0.4, -0.2) is 27.3 Å². The van der Waals surface area contributed by atoms with Gasteiger partial charge in [-0.3, -0.25) is 10.4 Å². The Morgan fingerprint density at radius 2 is 2.05 bits per heavy atom. The number of halogens is 1. The van der Waals surface area contributed by atoms with Gasteiger partial charge in [-0.05, 0) is 27.6 Å². The molecule has 2 aromatic rings. The molecule has 0 saturated heterocycles. The summed E-state index contributed by atoms with van der Waals surface area (Å²) in [5, 5.41) is 7.35. The highest BCUT2D eigenvalue weighted by Gasteiger charge is 2.11. The maximum absolute atomic E-state index is 7.35. The Morgan fingerprint density at radius 1 is 1.30 bits per heavy atom. The van der Waals surface area contributed by atoms with Crippen molar-refractivity contribution in [3.63, 3.8) is 0 Å². The fourth-order valence-electron chi connectivity index (χ4n) is 1.69. The van der Waals surface area contributed by atoms with Gasteiger partial charge in [-0.25, -0.2) is 9.97 Å². The number of anilines is 1. The van der Waals surface area contributed by atoms with Gasteiger partial charge in [0.2, 0.25) is 5.95 Å². The van der Waals surface area contributed by atoms with E-state index in [0.29, 0.717) is 25.5 Å². The van der Waals surface area contributed by atoms with E-state index in [0.717, 1.165) is 10.0 Å². The third-order valence-electron chi connectivity index (χ3n) is 2.64. The average Bonchev–Trinajstić information content (AvgIpc) is 2.45. The Morgan fingerprint density at radius 3 is 2.65 bits per heavy atom. The SMILES string of the molecule is N=C(N)CCN(Cc1cccnc1)c1ncc(Br)cn1. The van der Waals surface area contributed by atoms with Crippen molar-refractivity contribution >= 4 is 27.7 Å². The highest BCUT2D eigenvalue weighted by molar-refractivity contribution is 9.10. The molecule has 6 nitrogen and oxygen atoms in total. The molecule has 0 aliphatic rings. The summed E-state index contributed by atoms with van der Waals surface area (Å²) in [5.41, 5.74) is 6.49. The Kier molecular flexibility index (Phi) is 5.00. The Bertz CT molecular complexity index is 557. The lowest BCUT2D eigenvalue weighted by Gasteiger charge is -2.22. The second-order valence-electron chi connectivity index (χ2n) is 4.26. The molecular formula is C13H15BrN6. The van der Waals surface area contributed by atoms with Gasteiger partial charge in [-0.15, -0.1) is 0 Å². The zero-order chi connectivity index (χ0) is 14.4. The molecule has 7 heteroatoms. The fourth-order valence-corrected chi connectivity index (χ4v) is 1.89. The van der Waals surface area contributed by atoms with Crippen molar-refractivity contribution in [2.24, 2.45) is 5.73 Å². The molecule has 0 amide bonds. The van der Waals surface area contributed by atoms with Gasteiger partial charge >= 0.3 is 0 Å². The van der Waals surface area contributed by atoms with Crippen LogP contribution in [0.4, 0.5) is 5.95 Å². The molecule has 2 heterocycles. The maximum Gasteiger partial charge on any atom is 0.225 e. The van der Waals surface area contributed by atoms with Crippen LogP contribution in [0.1, 0.15) is 12.0 Å². The van der Waals surface area contributed by atoms with E-state index in [9.17, 15) is 0 Å². The molecule has 0 bridgehead atoms. The van der Waals surface area contributed by atoms with Gasteiger partial charge in [0.1, 0.15) is 0 Å². The van der Waals surface area contributed by atoms with Crippen molar-refractivity contribution in [2.75, 3.05) is 11.4 Å². The first-order valence-electron chi connectivity index (χ1n) is 6.09. The summed E-state index contributed by atoms with van der Waals surface area (Å²) in [4.78, 5) is 14.7. The van der Waals surface area contributed by atoms with Gasteiger partial charge < -0.3 is 10.6 Å². The number of aromatic nitrogens is 3. The summed E-state index contributed by atoms with van der Waals surface area (Å²) >= 11 is 3.32. The van der Waals surface area contributed by atoms with Gasteiger partial charge in [-0.2, -0.15) is 0 Å². The lowest BCUT2D eigenvalue weighted by atomic mass is 10.2. The van der Waals surface area contributed by atoms with Crippen LogP contribution in [-0.2, 0) is 6.54 Å². The lowest BCUT2D eigenvalue weighted by molar-refractivity contribution is 0.764. The molecule has 3 N–H and O–H groups in total. The van der Waals surface area contributed by atoms with Gasteiger partial charge in [-0.1, -0.05) is 6.07 Å². The molecule has 0 saturated carbocycles. The molecule has 0 fully saturated rings. The summed E-state index contributed by atoms with van der Waals surface area (Å²) in [6.45, 7) is 1.22. The zero-order valence-electron chi connectivity index (χ0n) is 10.8. The van der Waals surface area contributed by atoms with Gasteiger partial charge in [0, 0.05) is 44.3 Å². The number of rotatable bonds is 6. The Hall–Kier alpha value is -2.02. The van der Waals surface area contributed by atoms with Crippen LogP contribution in [0.5, 0.6) is 0 Å². The van der Waals surface area contributed by atoms with Crippen molar-refractivity contribution in [1.82, 2.24) is 15.0 Å². The summed E-state index contributed by atoms with van der Waals surface area (Å²) in [6, 6.07) is 3.88. The summed E-state index contributed by atoms with van der Waals surface area (Å²) in [6.07, 6.45) is 7.41. The molecule has 20 heavy (non-hydrogen) atoms. The first-order valence-corrected chi connectivity index (χ1v) is 6.89. The first-order chi connectivity index (χ1) is 9.65. The monoisotopic (exact) mass is 334 g/mol. The number of amidine groups is 1. The van der Waals surface area contributed by atoms with Crippen LogP contribution in [0.2, 0.25) is 0 Å². The van der Waals surface area contributed by atoms with Crippen molar-refractivity contribution in [3.8, 4) is 0 Å². The molecule has 2 rings (SSSR count). The molecule has 0 unspecified atom stereocenters. The summed E-state index contributed by atoms with van der Waals surface area (Å²) in [5.74, 6) is 0.761. The number of nitrogens with zero attached hydrogens (tertiary/aromatic N) is 4. The van der Waals surface area contributed by atoms with Crippen molar-refractivity contribution < 1.29 is 0 Å². The van der Waals surface area contributed by atoms with Crippen LogP contribution in [0.25, 0.3) is 0 Å². The molecule has 2 aromatic heterocycles. The quantitative estimate of drug-likeness (QED) is 0.622. The van der Waals surface area contributed by atoms with Crippen molar-refractivity contribution in [3.05, 3.63) is 47.0 Å². The van der Waals surface area contributed by atoms with Gasteiger partial charge in [0.05, 0.1) is 10.3 Å². The standard InChI is InChI=1S/C13H15BrN6/c14-11-7-18-13(19-8-11)20(5-3-12(15)16)9-10-2-1-4-17-6-10/h1-2,4,6-8H,3,5,9H2,(H3,15,16). The predicted molar refractivity (Wildman–Crippen MR) is 81.6 cm³/mol. The third-order valence-corrected chi connectivity index (χ3v) is 3.05. The van der Waals surface area contributed by atoms with Crippen LogP contribution in [0, 0.1) is 5.41 Å². The Balaban J connectivity index is 2.15. The summed E-state index contributed by atoms with van der Waals surface area (Å²) in [7, 11) is 0. The van der Waals surface area contributed by atoms with E-state index in [-0.39, 0.29) is 5.84 Å². The van der Waals surface area contributed by atoms with Crippen LogP contribution in [0.3, 0.4) is 0 Å². The van der Waals surface area contributed by atoms with E-state index in [1.165, 1.54) is 0 Å². The molecule has 0 aliphatic heterocycles. The van der Waals surface area contributed by atoms with Crippen LogP contribution >= 0.6 is 15.9 Å². The zero-order valence-corrected chi connectivity index (χ0v) is 12.4. The predicted octanol–water partition coefficient (Wildman–Crippen LogP) is 1.97. The fraction of sp³-hybridized carbons (Fsp3) is 0.231. The minimum atomic E-state index is 0.151. The molecule has 0 atom stereocenters. The number of hydrogen-bond donors (Lipinski definition) is 2. The maximum atomic E-state index is 7.35. The van der Waals surface area contributed by atoms with Crippen LogP contribution in [0.15, 0.2) is 41.4 Å². The minimum Gasteiger partial charge on any atom is -0.388 e. The largest absolute Gasteiger partial charge is 0.388 e. The van der Waals surface area contributed by atoms with E-state index in [1.807, 2.05) is 17.0 Å². The van der Waals surface area contributed by atoms with Crippen molar-refractivity contribution in [1.29, 1.82) is 5.41 Å². The smallest absolute Gasteiger partial charge is 0.225 e. The second-order valence-corrected chi connectivity index (χ2v) is 5.18. The highest BCUT2D eigenvalue weighted by Crippen LogP contribution is 2.14. The normalized spacial score (nSPS) is 10.2.